The van der Waals surface area contributed by atoms with Crippen LogP contribution in [-0.2, 0) is 16.7 Å². The van der Waals surface area contributed by atoms with Crippen LogP contribution in [0.15, 0.2) is 59.4 Å². The lowest BCUT2D eigenvalue weighted by atomic mass is 9.57. The van der Waals surface area contributed by atoms with Crippen LogP contribution in [0.2, 0.25) is 10.0 Å². The van der Waals surface area contributed by atoms with Crippen LogP contribution in [0, 0.1) is 34.5 Å². The maximum atomic E-state index is 14.3. The molecule has 60 heavy (non-hydrogen) atoms. The summed E-state index contributed by atoms with van der Waals surface area (Å²) in [4.78, 5) is 33.3. The first-order chi connectivity index (χ1) is 28.7. The van der Waals surface area contributed by atoms with Crippen LogP contribution in [0.4, 0.5) is 25.4 Å². The topological polar surface area (TPSA) is 222 Å². The summed E-state index contributed by atoms with van der Waals surface area (Å²) >= 11 is 12.8. The molecule has 21 heteroatoms. The predicted octanol–water partition coefficient (Wildman–Crippen LogP) is 7.23. The fraction of sp³-hybridized carbons (Fsp3) is 0.436. The molecule has 4 fully saturated rings. The molecule has 4 aliphatic rings. The van der Waals surface area contributed by atoms with Crippen LogP contribution >= 0.6 is 23.2 Å². The second-order valence-corrected chi connectivity index (χ2v) is 17.3. The smallest absolute Gasteiger partial charge is 0.323 e. The van der Waals surface area contributed by atoms with Gasteiger partial charge in [-0.05, 0) is 79.8 Å². The number of benzene rings is 2. The lowest BCUT2D eigenvalue weighted by Gasteiger charge is -2.66. The zero-order valence-electron chi connectivity index (χ0n) is 32.8. The van der Waals surface area contributed by atoms with Crippen molar-refractivity contribution in [1.82, 2.24) is 50.0 Å². The molecular formula is C39H41Cl2FN14O4. The fourth-order valence-corrected chi connectivity index (χ4v) is 10.6. The Balaban J connectivity index is 0.945. The molecule has 2 saturated carbocycles. The van der Waals surface area contributed by atoms with Crippen molar-refractivity contribution in [3.05, 3.63) is 82.8 Å². The quantitative estimate of drug-likeness (QED) is 0.0860. The van der Waals surface area contributed by atoms with E-state index in [1.165, 1.54) is 28.8 Å². The second-order valence-electron chi connectivity index (χ2n) is 16.5. The van der Waals surface area contributed by atoms with Gasteiger partial charge in [0.1, 0.15) is 11.2 Å². The van der Waals surface area contributed by atoms with Crippen LogP contribution in [0.25, 0.3) is 11.4 Å². The number of carbonyl (C=O) groups is 2. The first-order valence-electron chi connectivity index (χ1n) is 19.6. The number of anilines is 2. The number of urea groups is 2. The Kier molecular flexibility index (Phi) is 9.84. The van der Waals surface area contributed by atoms with Crippen molar-refractivity contribution in [1.29, 1.82) is 10.8 Å². The van der Waals surface area contributed by atoms with E-state index in [2.05, 4.69) is 55.2 Å². The van der Waals surface area contributed by atoms with Crippen molar-refractivity contribution in [3.63, 3.8) is 0 Å². The van der Waals surface area contributed by atoms with Crippen molar-refractivity contribution < 1.29 is 23.1 Å². The molecule has 5 heterocycles. The average molecular weight is 860 g/mol. The number of hydrogen-bond donors (Lipinski definition) is 4. The monoisotopic (exact) mass is 858 g/mol. The van der Waals surface area contributed by atoms with Gasteiger partial charge in [0.15, 0.2) is 11.8 Å². The van der Waals surface area contributed by atoms with Crippen LogP contribution in [0.5, 0.6) is 0 Å². The largest absolute Gasteiger partial charge is 0.430 e. The molecule has 2 saturated heterocycles. The molecule has 3 aromatic heterocycles. The number of aromatic nitrogens is 8. The Morgan fingerprint density at radius 2 is 1.62 bits per heavy atom. The molecule has 4 N–H and O–H groups in total. The first kappa shape index (κ1) is 39.5. The molecule has 2 aromatic carbocycles. The van der Waals surface area contributed by atoms with E-state index in [4.69, 9.17) is 43.2 Å². The zero-order chi connectivity index (χ0) is 42.1. The Labute approximate surface area is 352 Å². The van der Waals surface area contributed by atoms with E-state index in [1.807, 2.05) is 0 Å². The molecular weight excluding hydrogens is 818 g/mol. The predicted molar refractivity (Wildman–Crippen MR) is 216 cm³/mol. The van der Waals surface area contributed by atoms with Gasteiger partial charge in [-0.15, -0.1) is 10.2 Å². The molecule has 4 bridgehead atoms. The molecule has 9 rings (SSSR count). The number of nitrogens with zero attached hydrogens (tertiary/aromatic N) is 10. The van der Waals surface area contributed by atoms with Gasteiger partial charge in [-0.3, -0.25) is 10.8 Å². The van der Waals surface area contributed by atoms with Gasteiger partial charge in [-0.1, -0.05) is 47.4 Å². The molecule has 5 aromatic rings. The number of piperidine rings is 2. The van der Waals surface area contributed by atoms with Crippen molar-refractivity contribution in [2.45, 2.75) is 88.9 Å². The highest BCUT2D eigenvalue weighted by Crippen LogP contribution is 2.57. The zero-order valence-corrected chi connectivity index (χ0v) is 34.3. The summed E-state index contributed by atoms with van der Waals surface area (Å²) in [7, 11) is 0. The highest BCUT2D eigenvalue weighted by Gasteiger charge is 2.64. The summed E-state index contributed by atoms with van der Waals surface area (Å²) < 4.78 is 26.7. The van der Waals surface area contributed by atoms with Crippen molar-refractivity contribution >= 4 is 58.4 Å². The fourth-order valence-electron chi connectivity index (χ4n) is 10.2. The van der Waals surface area contributed by atoms with Gasteiger partial charge >= 0.3 is 12.1 Å². The molecule has 18 nitrogen and oxygen atoms in total. The third-order valence-corrected chi connectivity index (χ3v) is 13.0. The van der Waals surface area contributed by atoms with Crippen molar-refractivity contribution in [3.8, 4) is 11.4 Å². The minimum absolute atomic E-state index is 0.0412. The second kappa shape index (κ2) is 14.9. The number of nitrogens with one attached hydrogen (secondary N) is 4. The number of carbonyl (C=O) groups excluding carboxylic acids is 2. The summed E-state index contributed by atoms with van der Waals surface area (Å²) in [5.74, 6) is 0.140. The number of likely N-dealkylation sites (tertiary alicyclic amines) is 2. The van der Waals surface area contributed by atoms with Crippen molar-refractivity contribution in [2.75, 3.05) is 10.6 Å². The molecule has 312 valence electrons. The minimum atomic E-state index is -0.811. The maximum absolute atomic E-state index is 14.3. The Morgan fingerprint density at radius 3 is 2.30 bits per heavy atom. The van der Waals surface area contributed by atoms with Gasteiger partial charge in [0.25, 0.3) is 5.95 Å². The van der Waals surface area contributed by atoms with Gasteiger partial charge in [0.05, 0.1) is 39.9 Å². The molecule has 4 amide bonds. The lowest BCUT2D eigenvalue weighted by molar-refractivity contribution is -0.125. The summed E-state index contributed by atoms with van der Waals surface area (Å²) in [6, 6.07) is 8.94. The molecule has 0 spiro atoms. The number of amides is 4. The van der Waals surface area contributed by atoms with Gasteiger partial charge in [0.2, 0.25) is 11.8 Å². The van der Waals surface area contributed by atoms with Gasteiger partial charge in [-0.2, -0.15) is 19.4 Å². The SMILES string of the molecule is CC(=N)OC(=N)CC12CC(C)C(Cc3nnc([C@@]45C[C@H](C)C[C@@H](C4)N5C(=O)Nc4ccc(Cl)c(-n5cc(F)nn5)c4)o3)C(C1)N2C(=O)Nc1ccc(Cl)c(-n2nccn2)c1. The number of ether oxygens (including phenoxy) is 1. The van der Waals surface area contributed by atoms with E-state index in [-0.39, 0.29) is 54.2 Å². The number of halogens is 3. The summed E-state index contributed by atoms with van der Waals surface area (Å²) in [6.07, 6.45) is 8.00. The minimum Gasteiger partial charge on any atom is -0.430 e. The Bertz CT molecular complexity index is 2510. The third kappa shape index (κ3) is 6.92. The number of rotatable bonds is 9. The standard InChI is InChI=1S/C39H41Cl2FN14O4/c1-20-10-25-16-39(14-20,54(25)36(57)47-23-4-6-27(40)29(11-23)53-19-32(42)49-52-53)35-51-50-34(60-35)13-26-21(2)15-38(18-33(44)59-22(3)43)17-31(26)55(38)37(58)48-24-5-7-28(41)30(12-24)56-45-8-9-46-56/h4-9,11-12,19-21,25-26,31,43-44H,10,13-18H2,1-3H3,(H,47,57)(H,48,58)/t20-,21?,25+,26?,31?,38?,39-/m1/s1. The maximum Gasteiger partial charge on any atom is 0.323 e. The van der Waals surface area contributed by atoms with E-state index in [0.29, 0.717) is 82.6 Å². The highest BCUT2D eigenvalue weighted by atomic mass is 35.5. The van der Waals surface area contributed by atoms with E-state index in [1.54, 1.807) is 46.2 Å². The normalized spacial score (nSPS) is 26.5. The van der Waals surface area contributed by atoms with Crippen LogP contribution < -0.4 is 10.6 Å². The van der Waals surface area contributed by atoms with Gasteiger partial charge < -0.3 is 29.6 Å². The summed E-state index contributed by atoms with van der Waals surface area (Å²) in [5.41, 5.74) is 0.250. The Morgan fingerprint density at radius 1 is 0.933 bits per heavy atom. The number of hydrogen-bond acceptors (Lipinski definition) is 12. The lowest BCUT2D eigenvalue weighted by Crippen LogP contribution is -2.75. The van der Waals surface area contributed by atoms with Gasteiger partial charge in [-0.25, -0.2) is 14.3 Å². The molecule has 2 aliphatic heterocycles. The van der Waals surface area contributed by atoms with E-state index < -0.39 is 17.0 Å². The number of fused-ring (bicyclic) bond motifs is 4. The van der Waals surface area contributed by atoms with Gasteiger partial charge in [0, 0.05) is 49.6 Å². The summed E-state index contributed by atoms with van der Waals surface area (Å²) in [5, 5.41) is 47.6. The van der Waals surface area contributed by atoms with Crippen LogP contribution in [0.1, 0.15) is 71.1 Å². The Hall–Kier alpha value is -5.95. The van der Waals surface area contributed by atoms with Crippen molar-refractivity contribution in [2.24, 2.45) is 17.8 Å². The average Bonchev–Trinajstić information content (AvgIpc) is 3.97. The van der Waals surface area contributed by atoms with Crippen LogP contribution in [-0.4, -0.2) is 91.5 Å². The van der Waals surface area contributed by atoms with Crippen LogP contribution in [0.3, 0.4) is 0 Å². The van der Waals surface area contributed by atoms with E-state index in [9.17, 15) is 14.0 Å². The molecule has 4 unspecified atom stereocenters. The molecule has 0 radical (unpaired) electrons. The first-order valence-corrected chi connectivity index (χ1v) is 20.4. The molecule has 7 atom stereocenters. The van der Waals surface area contributed by atoms with E-state index in [0.717, 1.165) is 12.6 Å². The summed E-state index contributed by atoms with van der Waals surface area (Å²) in [6.45, 7) is 5.74. The van der Waals surface area contributed by atoms with E-state index >= 15 is 0 Å². The highest BCUT2D eigenvalue weighted by molar-refractivity contribution is 6.32. The molecule has 2 aliphatic carbocycles. The third-order valence-electron chi connectivity index (χ3n) is 12.3.